The van der Waals surface area contributed by atoms with Gasteiger partial charge in [-0.05, 0) is 45.2 Å². The first-order valence-corrected chi connectivity index (χ1v) is 9.42. The van der Waals surface area contributed by atoms with E-state index in [1.807, 2.05) is 42.6 Å². The third kappa shape index (κ3) is 5.74. The number of hydrogen-bond acceptors (Lipinski definition) is 2. The molecule has 1 aliphatic carbocycles. The second-order valence-corrected chi connectivity index (χ2v) is 7.07. The van der Waals surface area contributed by atoms with E-state index in [0.717, 1.165) is 23.5 Å². The maximum Gasteiger partial charge on any atom is 0.391 e. The number of fused-ring (bicyclic) bond motifs is 1. The highest BCUT2D eigenvalue weighted by atomic mass is 127. The highest BCUT2D eigenvalue weighted by Crippen LogP contribution is 2.37. The molecule has 28 heavy (non-hydrogen) atoms. The van der Waals surface area contributed by atoms with E-state index in [1.165, 1.54) is 0 Å². The lowest BCUT2D eigenvalue weighted by Gasteiger charge is -2.31. The molecule has 0 radical (unpaired) electrons. The Morgan fingerprint density at radius 3 is 2.79 bits per heavy atom. The molecule has 0 aromatic carbocycles. The van der Waals surface area contributed by atoms with Gasteiger partial charge in [0.2, 0.25) is 0 Å². The second kappa shape index (κ2) is 9.80. The molecule has 156 valence electrons. The lowest BCUT2D eigenvalue weighted by atomic mass is 9.85. The summed E-state index contributed by atoms with van der Waals surface area (Å²) in [4.78, 5) is 9.08. The molecule has 2 atom stereocenters. The lowest BCUT2D eigenvalue weighted by Crippen LogP contribution is -2.46. The van der Waals surface area contributed by atoms with Crippen molar-refractivity contribution in [2.75, 3.05) is 6.54 Å². The van der Waals surface area contributed by atoms with Crippen LogP contribution in [0.3, 0.4) is 0 Å². The summed E-state index contributed by atoms with van der Waals surface area (Å²) >= 11 is 0. The molecular weight excluding hydrogens is 482 g/mol. The summed E-state index contributed by atoms with van der Waals surface area (Å²) < 4.78 is 41.1. The van der Waals surface area contributed by atoms with Crippen molar-refractivity contribution in [3.63, 3.8) is 0 Å². The fraction of sp³-hybridized carbons (Fsp3) is 0.579. The van der Waals surface area contributed by atoms with Crippen molar-refractivity contribution < 1.29 is 13.2 Å². The van der Waals surface area contributed by atoms with Crippen LogP contribution in [-0.2, 0) is 6.54 Å². The highest BCUT2D eigenvalue weighted by Gasteiger charge is 2.42. The molecule has 0 amide bonds. The predicted octanol–water partition coefficient (Wildman–Crippen LogP) is 4.44. The molecule has 0 aliphatic heterocycles. The topological polar surface area (TPSA) is 53.7 Å². The van der Waals surface area contributed by atoms with Crippen LogP contribution in [0.4, 0.5) is 13.2 Å². The Morgan fingerprint density at radius 1 is 1.32 bits per heavy atom. The monoisotopic (exact) mass is 509 g/mol. The summed E-state index contributed by atoms with van der Waals surface area (Å²) in [6, 6.07) is 5.68. The lowest BCUT2D eigenvalue weighted by molar-refractivity contribution is -0.183. The molecule has 2 aromatic heterocycles. The number of aliphatic imine (C=N–C) groups is 1. The van der Waals surface area contributed by atoms with Crippen molar-refractivity contribution in [3.8, 4) is 0 Å². The van der Waals surface area contributed by atoms with Crippen LogP contribution in [0.5, 0.6) is 0 Å². The number of hydrogen-bond donors (Lipinski definition) is 2. The Balaban J connectivity index is 0.00000280. The molecule has 1 fully saturated rings. The van der Waals surface area contributed by atoms with Crippen molar-refractivity contribution in [3.05, 3.63) is 35.8 Å². The molecule has 2 unspecified atom stereocenters. The van der Waals surface area contributed by atoms with Gasteiger partial charge in [0.1, 0.15) is 5.65 Å². The quantitative estimate of drug-likeness (QED) is 0.364. The van der Waals surface area contributed by atoms with Crippen molar-refractivity contribution in [1.82, 2.24) is 20.0 Å². The molecule has 0 saturated heterocycles. The standard InChI is InChI=1S/C19H26F3N5.HI/c1-3-23-18(26-15-8-5-7-14(10-15)19(20,21)22)24-11-16-12-27-13(2)6-4-9-17(27)25-16;/h4,6,9,12,14-15H,3,5,7-8,10-11H2,1-2H3,(H2,23,24,26);1H. The summed E-state index contributed by atoms with van der Waals surface area (Å²) in [6.07, 6.45) is -0.558. The molecule has 2 N–H and O–H groups in total. The van der Waals surface area contributed by atoms with E-state index in [0.29, 0.717) is 25.5 Å². The van der Waals surface area contributed by atoms with Gasteiger partial charge in [0.05, 0.1) is 18.2 Å². The Hall–Kier alpha value is -1.52. The van der Waals surface area contributed by atoms with Crippen LogP contribution in [-0.4, -0.2) is 34.1 Å². The van der Waals surface area contributed by atoms with Gasteiger partial charge < -0.3 is 15.0 Å². The number of aromatic nitrogens is 2. The predicted molar refractivity (Wildman–Crippen MR) is 115 cm³/mol. The van der Waals surface area contributed by atoms with Gasteiger partial charge in [0, 0.05) is 24.5 Å². The smallest absolute Gasteiger partial charge is 0.357 e. The summed E-state index contributed by atoms with van der Waals surface area (Å²) in [5.74, 6) is -0.688. The Bertz CT molecular complexity index is 802. The van der Waals surface area contributed by atoms with Crippen molar-refractivity contribution in [2.24, 2.45) is 10.9 Å². The Morgan fingerprint density at radius 2 is 2.11 bits per heavy atom. The van der Waals surface area contributed by atoms with Gasteiger partial charge in [0.25, 0.3) is 0 Å². The number of pyridine rings is 1. The molecule has 1 saturated carbocycles. The minimum Gasteiger partial charge on any atom is -0.357 e. The van der Waals surface area contributed by atoms with E-state index in [9.17, 15) is 13.2 Å². The molecule has 9 heteroatoms. The van der Waals surface area contributed by atoms with Crippen LogP contribution in [0.1, 0.15) is 44.0 Å². The zero-order valence-electron chi connectivity index (χ0n) is 16.1. The third-order valence-corrected chi connectivity index (χ3v) is 4.97. The fourth-order valence-corrected chi connectivity index (χ4v) is 3.57. The molecule has 0 bridgehead atoms. The van der Waals surface area contributed by atoms with Crippen LogP contribution in [0, 0.1) is 12.8 Å². The number of nitrogens with zero attached hydrogens (tertiary/aromatic N) is 3. The zero-order chi connectivity index (χ0) is 19.4. The van der Waals surface area contributed by atoms with E-state index in [-0.39, 0.29) is 42.9 Å². The normalized spacial score (nSPS) is 20.7. The Labute approximate surface area is 180 Å². The maximum atomic E-state index is 13.0. The second-order valence-electron chi connectivity index (χ2n) is 7.07. The minimum atomic E-state index is -4.12. The van der Waals surface area contributed by atoms with Gasteiger partial charge in [-0.1, -0.05) is 12.5 Å². The van der Waals surface area contributed by atoms with Crippen LogP contribution < -0.4 is 10.6 Å². The average molecular weight is 509 g/mol. The van der Waals surface area contributed by atoms with E-state index in [4.69, 9.17) is 0 Å². The molecule has 0 spiro atoms. The molecule has 2 heterocycles. The molecule has 3 rings (SSSR count). The van der Waals surface area contributed by atoms with E-state index < -0.39 is 12.1 Å². The van der Waals surface area contributed by atoms with Crippen LogP contribution >= 0.6 is 24.0 Å². The first-order valence-electron chi connectivity index (χ1n) is 9.42. The first kappa shape index (κ1) is 22.8. The summed E-state index contributed by atoms with van der Waals surface area (Å²) in [5, 5.41) is 6.30. The Kier molecular flexibility index (Phi) is 7.97. The van der Waals surface area contributed by atoms with E-state index in [1.54, 1.807) is 0 Å². The fourth-order valence-electron chi connectivity index (χ4n) is 3.57. The highest BCUT2D eigenvalue weighted by molar-refractivity contribution is 14.0. The number of halogens is 4. The van der Waals surface area contributed by atoms with Gasteiger partial charge in [0.15, 0.2) is 5.96 Å². The first-order chi connectivity index (χ1) is 12.9. The van der Waals surface area contributed by atoms with Gasteiger partial charge >= 0.3 is 6.18 Å². The molecule has 2 aromatic rings. The van der Waals surface area contributed by atoms with Crippen molar-refractivity contribution in [1.29, 1.82) is 0 Å². The van der Waals surface area contributed by atoms with E-state index >= 15 is 0 Å². The largest absolute Gasteiger partial charge is 0.391 e. The van der Waals surface area contributed by atoms with Crippen molar-refractivity contribution >= 4 is 35.6 Å². The SMILES string of the molecule is CCNC(=NCc1cn2c(C)cccc2n1)NC1CCCC(C(F)(F)F)C1.I. The van der Waals surface area contributed by atoms with E-state index in [2.05, 4.69) is 20.6 Å². The van der Waals surface area contributed by atoms with Gasteiger partial charge in [-0.3, -0.25) is 0 Å². The average Bonchev–Trinajstić information content (AvgIpc) is 3.04. The maximum absolute atomic E-state index is 13.0. The minimum absolute atomic E-state index is 0. The van der Waals surface area contributed by atoms with Crippen LogP contribution in [0.2, 0.25) is 0 Å². The number of imidazole rings is 1. The van der Waals surface area contributed by atoms with Crippen LogP contribution in [0.15, 0.2) is 29.4 Å². The van der Waals surface area contributed by atoms with Crippen molar-refractivity contribution in [2.45, 2.75) is 58.3 Å². The third-order valence-electron chi connectivity index (χ3n) is 4.97. The van der Waals surface area contributed by atoms with Crippen LogP contribution in [0.25, 0.3) is 5.65 Å². The number of rotatable bonds is 4. The number of aryl methyl sites for hydroxylation is 1. The summed E-state index contributed by atoms with van der Waals surface area (Å²) in [5.41, 5.74) is 2.76. The zero-order valence-corrected chi connectivity index (χ0v) is 18.4. The summed E-state index contributed by atoms with van der Waals surface area (Å²) in [7, 11) is 0. The van der Waals surface area contributed by atoms with Gasteiger partial charge in [-0.2, -0.15) is 13.2 Å². The molecular formula is C19H27F3IN5. The van der Waals surface area contributed by atoms with Gasteiger partial charge in [-0.25, -0.2) is 9.98 Å². The summed E-state index contributed by atoms with van der Waals surface area (Å²) in [6.45, 7) is 4.95. The number of nitrogens with one attached hydrogen (secondary N) is 2. The van der Waals surface area contributed by atoms with Gasteiger partial charge in [-0.15, -0.1) is 24.0 Å². The molecule has 5 nitrogen and oxygen atoms in total. The molecule has 1 aliphatic rings. The number of alkyl halides is 3. The number of guanidine groups is 1.